The topological polar surface area (TPSA) is 11.4 Å². The van der Waals surface area contributed by atoms with E-state index in [0.717, 1.165) is 6.54 Å². The van der Waals surface area contributed by atoms with Crippen LogP contribution in [0.3, 0.4) is 0 Å². The summed E-state index contributed by atoms with van der Waals surface area (Å²) in [5, 5.41) is 0. The van der Waals surface area contributed by atoms with Gasteiger partial charge in [-0.05, 0) is 26.2 Å². The van der Waals surface area contributed by atoms with Crippen molar-refractivity contribution in [2.24, 2.45) is 7.05 Å². The summed E-state index contributed by atoms with van der Waals surface area (Å²) in [6.07, 6.45) is 6.46. The van der Waals surface area contributed by atoms with Crippen molar-refractivity contribution >= 4 is 5.70 Å². The summed E-state index contributed by atoms with van der Waals surface area (Å²) < 4.78 is 2.07. The Morgan fingerprint density at radius 1 is 1.33 bits per heavy atom. The lowest BCUT2D eigenvalue weighted by molar-refractivity contribution is 0.453. The van der Waals surface area contributed by atoms with Crippen molar-refractivity contribution < 1.29 is 0 Å². The van der Waals surface area contributed by atoms with Crippen LogP contribution in [-0.4, -0.2) is 49.1 Å². The Balaban J connectivity index is 2.88. The maximum atomic E-state index is 2.25. The highest BCUT2D eigenvalue weighted by molar-refractivity contribution is 5.63. The first kappa shape index (κ1) is 11.9. The Hall–Kier alpha value is -1.22. The third kappa shape index (κ3) is 3.44. The van der Waals surface area contributed by atoms with Gasteiger partial charge in [0.05, 0.1) is 0 Å². The highest BCUT2D eigenvalue weighted by atomic mass is 15.1. The molecule has 3 heteroatoms. The fourth-order valence-electron chi connectivity index (χ4n) is 1.48. The summed E-state index contributed by atoms with van der Waals surface area (Å²) in [6.45, 7) is 0.961. The van der Waals surface area contributed by atoms with Gasteiger partial charge in [-0.2, -0.15) is 0 Å². The molecular formula is C12H21N3. The molecule has 0 aliphatic carbocycles. The second kappa shape index (κ2) is 5.03. The van der Waals surface area contributed by atoms with Gasteiger partial charge < -0.3 is 14.4 Å². The van der Waals surface area contributed by atoms with Crippen LogP contribution in [0, 0.1) is 0 Å². The van der Waals surface area contributed by atoms with Crippen molar-refractivity contribution in [1.29, 1.82) is 0 Å². The summed E-state index contributed by atoms with van der Waals surface area (Å²) in [7, 11) is 10.4. The molecule has 0 amide bonds. The molecule has 3 nitrogen and oxygen atoms in total. The van der Waals surface area contributed by atoms with Gasteiger partial charge >= 0.3 is 0 Å². The van der Waals surface area contributed by atoms with E-state index in [1.54, 1.807) is 0 Å². The summed E-state index contributed by atoms with van der Waals surface area (Å²) in [6, 6.07) is 2.14. The molecule has 1 heterocycles. The van der Waals surface area contributed by atoms with E-state index < -0.39 is 0 Å². The molecule has 0 unspecified atom stereocenters. The molecule has 0 saturated heterocycles. The Kier molecular flexibility index (Phi) is 3.97. The third-order valence-corrected chi connectivity index (χ3v) is 2.26. The van der Waals surface area contributed by atoms with Crippen molar-refractivity contribution in [2.45, 2.75) is 0 Å². The zero-order chi connectivity index (χ0) is 11.4. The zero-order valence-electron chi connectivity index (χ0n) is 10.4. The Labute approximate surface area is 92.6 Å². The van der Waals surface area contributed by atoms with Crippen LogP contribution in [0.4, 0.5) is 0 Å². The number of nitrogens with zero attached hydrogens (tertiary/aromatic N) is 3. The van der Waals surface area contributed by atoms with Crippen molar-refractivity contribution in [3.8, 4) is 0 Å². The van der Waals surface area contributed by atoms with Gasteiger partial charge in [-0.1, -0.05) is 0 Å². The Bertz CT molecular complexity index is 334. The lowest BCUT2D eigenvalue weighted by Crippen LogP contribution is -2.15. The van der Waals surface area contributed by atoms with Crippen LogP contribution in [-0.2, 0) is 7.05 Å². The van der Waals surface area contributed by atoms with Crippen molar-refractivity contribution in [1.82, 2.24) is 14.4 Å². The van der Waals surface area contributed by atoms with E-state index in [2.05, 4.69) is 67.1 Å². The van der Waals surface area contributed by atoms with E-state index in [1.807, 2.05) is 7.05 Å². The molecule has 1 aromatic heterocycles. The molecule has 1 rings (SSSR count). The predicted molar refractivity (Wildman–Crippen MR) is 65.6 cm³/mol. The summed E-state index contributed by atoms with van der Waals surface area (Å²) >= 11 is 0. The van der Waals surface area contributed by atoms with Crippen LogP contribution in [0.5, 0.6) is 0 Å². The molecule has 0 aliphatic heterocycles. The number of rotatable bonds is 4. The van der Waals surface area contributed by atoms with Gasteiger partial charge in [0.25, 0.3) is 0 Å². The van der Waals surface area contributed by atoms with Gasteiger partial charge in [-0.3, -0.25) is 0 Å². The first-order valence-corrected chi connectivity index (χ1v) is 5.15. The molecule has 0 saturated carbocycles. The molecule has 0 bridgehead atoms. The molecule has 0 fully saturated rings. The average Bonchev–Trinajstić information content (AvgIpc) is 2.51. The van der Waals surface area contributed by atoms with Gasteiger partial charge in [-0.25, -0.2) is 0 Å². The van der Waals surface area contributed by atoms with Crippen LogP contribution in [0.2, 0.25) is 0 Å². The lowest BCUT2D eigenvalue weighted by Gasteiger charge is -2.17. The normalized spacial score (nSPS) is 12.3. The Morgan fingerprint density at radius 2 is 2.00 bits per heavy atom. The van der Waals surface area contributed by atoms with E-state index in [0.29, 0.717) is 0 Å². The standard InChI is InChI=1S/C12H21N3/c1-13(2)8-7-12(14(3)4)11-6-9-15(5)10-11/h6-7,9-10H,8H2,1-5H3/b12-7-. The van der Waals surface area contributed by atoms with Gasteiger partial charge in [0, 0.05) is 51.3 Å². The molecule has 1 aromatic rings. The van der Waals surface area contributed by atoms with Gasteiger partial charge in [-0.15, -0.1) is 0 Å². The minimum Gasteiger partial charge on any atom is -0.377 e. The molecule has 84 valence electrons. The third-order valence-electron chi connectivity index (χ3n) is 2.26. The molecular weight excluding hydrogens is 186 g/mol. The number of hydrogen-bond acceptors (Lipinski definition) is 2. The number of likely N-dealkylation sites (N-methyl/N-ethyl adjacent to an activating group) is 1. The average molecular weight is 207 g/mol. The molecule has 0 aromatic carbocycles. The minimum absolute atomic E-state index is 0.961. The fraction of sp³-hybridized carbons (Fsp3) is 0.500. The molecule has 0 aliphatic rings. The van der Waals surface area contributed by atoms with Crippen molar-refractivity contribution in [2.75, 3.05) is 34.7 Å². The predicted octanol–water partition coefficient (Wildman–Crippen LogP) is 1.49. The van der Waals surface area contributed by atoms with Gasteiger partial charge in [0.15, 0.2) is 0 Å². The molecule has 0 atom stereocenters. The largest absolute Gasteiger partial charge is 0.377 e. The lowest BCUT2D eigenvalue weighted by atomic mass is 10.2. The quantitative estimate of drug-likeness (QED) is 0.741. The summed E-state index contributed by atoms with van der Waals surface area (Å²) in [5.41, 5.74) is 2.54. The van der Waals surface area contributed by atoms with Crippen LogP contribution in [0.25, 0.3) is 5.70 Å². The highest BCUT2D eigenvalue weighted by Crippen LogP contribution is 2.16. The van der Waals surface area contributed by atoms with E-state index >= 15 is 0 Å². The van der Waals surface area contributed by atoms with E-state index in [4.69, 9.17) is 0 Å². The fourth-order valence-corrected chi connectivity index (χ4v) is 1.48. The number of hydrogen-bond donors (Lipinski definition) is 0. The first-order chi connectivity index (χ1) is 7.00. The highest BCUT2D eigenvalue weighted by Gasteiger charge is 2.04. The van der Waals surface area contributed by atoms with Gasteiger partial charge in [0.2, 0.25) is 0 Å². The van der Waals surface area contributed by atoms with Gasteiger partial charge in [0.1, 0.15) is 0 Å². The van der Waals surface area contributed by atoms with Crippen LogP contribution >= 0.6 is 0 Å². The van der Waals surface area contributed by atoms with Crippen molar-refractivity contribution in [3.05, 3.63) is 30.1 Å². The zero-order valence-corrected chi connectivity index (χ0v) is 10.4. The summed E-state index contributed by atoms with van der Waals surface area (Å²) in [4.78, 5) is 4.31. The SMILES string of the molecule is CN(C)C/C=C(/c1ccn(C)c1)N(C)C. The minimum atomic E-state index is 0.961. The second-order valence-corrected chi connectivity index (χ2v) is 4.31. The van der Waals surface area contributed by atoms with Crippen LogP contribution < -0.4 is 0 Å². The number of aromatic nitrogens is 1. The van der Waals surface area contributed by atoms with Crippen LogP contribution in [0.15, 0.2) is 24.5 Å². The maximum Gasteiger partial charge on any atom is 0.0422 e. The molecule has 15 heavy (non-hydrogen) atoms. The number of aryl methyl sites for hydroxylation is 1. The summed E-state index contributed by atoms with van der Waals surface area (Å²) in [5.74, 6) is 0. The molecule has 0 N–H and O–H groups in total. The smallest absolute Gasteiger partial charge is 0.0422 e. The van der Waals surface area contributed by atoms with E-state index in [9.17, 15) is 0 Å². The molecule has 0 radical (unpaired) electrons. The molecule has 0 spiro atoms. The maximum absolute atomic E-state index is 2.25. The monoisotopic (exact) mass is 207 g/mol. The van der Waals surface area contributed by atoms with E-state index in [1.165, 1.54) is 11.3 Å². The first-order valence-electron chi connectivity index (χ1n) is 5.15. The Morgan fingerprint density at radius 3 is 2.40 bits per heavy atom. The second-order valence-electron chi connectivity index (χ2n) is 4.31. The van der Waals surface area contributed by atoms with Crippen LogP contribution in [0.1, 0.15) is 5.56 Å². The van der Waals surface area contributed by atoms with Crippen molar-refractivity contribution in [3.63, 3.8) is 0 Å². The van der Waals surface area contributed by atoms with E-state index in [-0.39, 0.29) is 0 Å².